The number of nitrogens with one attached hydrogen (secondary N) is 1. The van der Waals surface area contributed by atoms with E-state index in [-0.39, 0.29) is 17.5 Å². The molecule has 7 rings (SSSR count). The molecule has 1 amide bonds. The molecule has 0 aromatic heterocycles. The molecule has 1 saturated heterocycles. The van der Waals surface area contributed by atoms with E-state index in [4.69, 9.17) is 4.74 Å². The highest BCUT2D eigenvalue weighted by Crippen LogP contribution is 2.58. The van der Waals surface area contributed by atoms with Crippen molar-refractivity contribution in [1.82, 2.24) is 0 Å². The minimum atomic E-state index is -1.33. The summed E-state index contributed by atoms with van der Waals surface area (Å²) in [6.45, 7) is 0. The van der Waals surface area contributed by atoms with E-state index < -0.39 is 23.4 Å². The summed E-state index contributed by atoms with van der Waals surface area (Å²) in [6, 6.07) is 29.7. The first-order valence-electron chi connectivity index (χ1n) is 13.3. The number of carbonyl (C=O) groups excluding carboxylic acids is 3. The van der Waals surface area contributed by atoms with Crippen LogP contribution in [0.4, 0.5) is 11.4 Å². The van der Waals surface area contributed by atoms with Gasteiger partial charge >= 0.3 is 0 Å². The van der Waals surface area contributed by atoms with Crippen LogP contribution in [0.15, 0.2) is 109 Å². The average Bonchev–Trinajstić information content (AvgIpc) is 3.49. The van der Waals surface area contributed by atoms with Crippen molar-refractivity contribution < 1.29 is 19.1 Å². The van der Waals surface area contributed by atoms with Crippen molar-refractivity contribution in [3.8, 4) is 5.75 Å². The van der Waals surface area contributed by atoms with Gasteiger partial charge in [-0.1, -0.05) is 78.9 Å². The quantitative estimate of drug-likeness (QED) is 0.345. The SMILES string of the molecule is COc1ccc(C(=O)[C@@H]2[C@H](C(=O)c3ccccc3)N3c4ccccc4C=C[C@H]3[C@@]23C(=O)Nc2ccccc23)cc1. The van der Waals surface area contributed by atoms with Crippen LogP contribution < -0.4 is 15.0 Å². The Morgan fingerprint density at radius 1 is 0.800 bits per heavy atom. The molecule has 6 heteroatoms. The van der Waals surface area contributed by atoms with E-state index in [1.807, 2.05) is 83.8 Å². The second kappa shape index (κ2) is 9.06. The predicted octanol–water partition coefficient (Wildman–Crippen LogP) is 5.55. The third kappa shape index (κ3) is 3.26. The Labute approximate surface area is 231 Å². The van der Waals surface area contributed by atoms with Crippen molar-refractivity contribution >= 4 is 34.9 Å². The van der Waals surface area contributed by atoms with Gasteiger partial charge in [0.2, 0.25) is 5.91 Å². The van der Waals surface area contributed by atoms with E-state index >= 15 is 0 Å². The van der Waals surface area contributed by atoms with E-state index in [1.165, 1.54) is 0 Å². The molecule has 4 atom stereocenters. The number of methoxy groups -OCH3 is 1. The second-order valence-corrected chi connectivity index (χ2v) is 10.4. The number of ketones is 2. The lowest BCUT2D eigenvalue weighted by Gasteiger charge is -2.37. The number of hydrogen-bond donors (Lipinski definition) is 1. The number of ether oxygens (including phenoxy) is 1. The van der Waals surface area contributed by atoms with Crippen molar-refractivity contribution in [1.29, 1.82) is 0 Å². The molecule has 40 heavy (non-hydrogen) atoms. The molecule has 4 aromatic rings. The highest BCUT2D eigenvalue weighted by Gasteiger charge is 2.70. The molecule has 6 nitrogen and oxygen atoms in total. The van der Waals surface area contributed by atoms with Crippen molar-refractivity contribution in [2.45, 2.75) is 17.5 Å². The molecule has 1 fully saturated rings. The van der Waals surface area contributed by atoms with Crippen LogP contribution in [0.5, 0.6) is 5.75 Å². The first-order chi connectivity index (χ1) is 19.6. The Morgan fingerprint density at radius 2 is 1.48 bits per heavy atom. The van der Waals surface area contributed by atoms with Gasteiger partial charge in [-0.25, -0.2) is 0 Å². The summed E-state index contributed by atoms with van der Waals surface area (Å²) in [5.74, 6) is -1.12. The summed E-state index contributed by atoms with van der Waals surface area (Å²) in [7, 11) is 1.57. The van der Waals surface area contributed by atoms with Gasteiger partial charge in [0, 0.05) is 22.5 Å². The number of hydrogen-bond acceptors (Lipinski definition) is 5. The smallest absolute Gasteiger partial charge is 0.238 e. The van der Waals surface area contributed by atoms with Crippen LogP contribution in [0.3, 0.4) is 0 Å². The van der Waals surface area contributed by atoms with E-state index in [2.05, 4.69) is 5.32 Å². The molecule has 3 aliphatic rings. The molecule has 4 aromatic carbocycles. The third-order valence-electron chi connectivity index (χ3n) is 8.53. The monoisotopic (exact) mass is 526 g/mol. The third-order valence-corrected chi connectivity index (χ3v) is 8.53. The zero-order valence-corrected chi connectivity index (χ0v) is 21.8. The van der Waals surface area contributed by atoms with Crippen molar-refractivity contribution in [3.05, 3.63) is 131 Å². The van der Waals surface area contributed by atoms with Gasteiger partial charge in [0.05, 0.1) is 19.1 Å². The van der Waals surface area contributed by atoms with Gasteiger partial charge in [-0.15, -0.1) is 0 Å². The summed E-state index contributed by atoms with van der Waals surface area (Å²) in [5, 5.41) is 3.06. The Hall–Kier alpha value is -4.97. The molecule has 3 heterocycles. The first-order valence-corrected chi connectivity index (χ1v) is 13.3. The van der Waals surface area contributed by atoms with Gasteiger partial charge in [0.25, 0.3) is 0 Å². The zero-order chi connectivity index (χ0) is 27.4. The van der Waals surface area contributed by atoms with Crippen LogP contribution in [0, 0.1) is 5.92 Å². The van der Waals surface area contributed by atoms with Gasteiger partial charge < -0.3 is 15.0 Å². The fourth-order valence-corrected chi connectivity index (χ4v) is 6.83. The maximum Gasteiger partial charge on any atom is 0.238 e. The van der Waals surface area contributed by atoms with Crippen molar-refractivity contribution in [3.63, 3.8) is 0 Å². The van der Waals surface area contributed by atoms with Gasteiger partial charge in [-0.3, -0.25) is 14.4 Å². The number of benzene rings is 4. The van der Waals surface area contributed by atoms with Gasteiger partial charge in [0.15, 0.2) is 11.6 Å². The molecule has 0 radical (unpaired) electrons. The van der Waals surface area contributed by atoms with Crippen LogP contribution in [-0.4, -0.2) is 36.7 Å². The van der Waals surface area contributed by atoms with Crippen LogP contribution in [-0.2, 0) is 10.2 Å². The highest BCUT2D eigenvalue weighted by molar-refractivity contribution is 6.18. The Morgan fingerprint density at radius 3 is 2.25 bits per heavy atom. The van der Waals surface area contributed by atoms with Gasteiger partial charge in [-0.2, -0.15) is 0 Å². The maximum absolute atomic E-state index is 14.7. The molecule has 1 spiro atoms. The summed E-state index contributed by atoms with van der Waals surface area (Å²) < 4.78 is 5.32. The minimum absolute atomic E-state index is 0.198. The van der Waals surface area contributed by atoms with E-state index in [1.54, 1.807) is 43.5 Å². The summed E-state index contributed by atoms with van der Waals surface area (Å²) in [6.07, 6.45) is 3.98. The molecular weight excluding hydrogens is 500 g/mol. The fraction of sp³-hybridized carbons (Fsp3) is 0.147. The normalized spacial score (nSPS) is 23.8. The standard InChI is InChI=1S/C34H26N2O4/c1-40-24-18-15-23(16-19-24)31(37)29-30(32(38)22-10-3-2-4-11-22)36-27-14-8-5-9-21(27)17-20-28(36)34(29)25-12-6-7-13-26(25)35-33(34)39/h2-20,28-30H,1H3,(H,35,39)/t28-,29-,30+,34+/m0/s1. The van der Waals surface area contributed by atoms with Gasteiger partial charge in [-0.05, 0) is 47.5 Å². The number of para-hydroxylation sites is 2. The fourth-order valence-electron chi connectivity index (χ4n) is 6.83. The lowest BCUT2D eigenvalue weighted by Crippen LogP contribution is -2.51. The number of amides is 1. The summed E-state index contributed by atoms with van der Waals surface area (Å²) in [4.78, 5) is 45.6. The molecule has 0 bridgehead atoms. The minimum Gasteiger partial charge on any atom is -0.497 e. The van der Waals surface area contributed by atoms with Gasteiger partial charge in [0.1, 0.15) is 17.2 Å². The summed E-state index contributed by atoms with van der Waals surface area (Å²) in [5.41, 5.74) is 2.75. The number of rotatable bonds is 5. The molecular formula is C34H26N2O4. The average molecular weight is 527 g/mol. The Balaban J connectivity index is 1.52. The molecule has 1 N–H and O–H groups in total. The molecule has 3 aliphatic heterocycles. The van der Waals surface area contributed by atoms with E-state index in [0.29, 0.717) is 22.6 Å². The predicted molar refractivity (Wildman–Crippen MR) is 154 cm³/mol. The Bertz CT molecular complexity index is 1690. The van der Waals surface area contributed by atoms with Crippen molar-refractivity contribution in [2.75, 3.05) is 17.3 Å². The molecule has 0 saturated carbocycles. The lowest BCUT2D eigenvalue weighted by molar-refractivity contribution is -0.121. The number of anilines is 2. The van der Waals surface area contributed by atoms with Crippen LogP contribution in [0.2, 0.25) is 0 Å². The highest BCUT2D eigenvalue weighted by atomic mass is 16.5. The molecule has 0 aliphatic carbocycles. The molecule has 0 unspecified atom stereocenters. The van der Waals surface area contributed by atoms with Crippen LogP contribution in [0.25, 0.3) is 6.08 Å². The van der Waals surface area contributed by atoms with Crippen LogP contribution in [0.1, 0.15) is 31.8 Å². The zero-order valence-electron chi connectivity index (χ0n) is 21.8. The number of fused-ring (bicyclic) bond motifs is 6. The molecule has 196 valence electrons. The number of carbonyl (C=O) groups is 3. The van der Waals surface area contributed by atoms with Crippen molar-refractivity contribution in [2.24, 2.45) is 5.92 Å². The van der Waals surface area contributed by atoms with E-state index in [9.17, 15) is 14.4 Å². The largest absolute Gasteiger partial charge is 0.497 e. The second-order valence-electron chi connectivity index (χ2n) is 10.4. The first kappa shape index (κ1) is 24.1. The topological polar surface area (TPSA) is 75.7 Å². The number of Topliss-reactive ketones (excluding diaryl/α,β-unsaturated/α-hetero) is 2. The summed E-state index contributed by atoms with van der Waals surface area (Å²) >= 11 is 0. The van der Waals surface area contributed by atoms with E-state index in [0.717, 1.165) is 16.8 Å². The van der Waals surface area contributed by atoms with Crippen LogP contribution >= 0.6 is 0 Å². The number of nitrogens with zero attached hydrogens (tertiary/aromatic N) is 1. The lowest BCUT2D eigenvalue weighted by atomic mass is 9.64. The maximum atomic E-state index is 14.7. The Kier molecular flexibility index (Phi) is 5.46.